The van der Waals surface area contributed by atoms with Crippen LogP contribution in [0.3, 0.4) is 0 Å². The zero-order valence-corrected chi connectivity index (χ0v) is 7.71. The number of rotatable bonds is 2. The quantitative estimate of drug-likeness (QED) is 0.622. The van der Waals surface area contributed by atoms with Gasteiger partial charge in [-0.25, -0.2) is 4.63 Å². The van der Waals surface area contributed by atoms with Gasteiger partial charge in [-0.05, 0) is 17.2 Å². The summed E-state index contributed by atoms with van der Waals surface area (Å²) in [6.07, 6.45) is 0. The molecule has 0 saturated heterocycles. The number of hydrogen-bond acceptors (Lipinski definition) is 7. The first-order valence-corrected chi connectivity index (χ1v) is 3.91. The number of primary amides is 1. The van der Waals surface area contributed by atoms with Gasteiger partial charge in [-0.1, -0.05) is 5.21 Å². The zero-order valence-electron chi connectivity index (χ0n) is 7.71. The van der Waals surface area contributed by atoms with Gasteiger partial charge in [-0.2, -0.15) is 4.68 Å². The zero-order chi connectivity index (χ0) is 11.0. The van der Waals surface area contributed by atoms with Crippen molar-refractivity contribution in [2.24, 2.45) is 5.73 Å². The number of amides is 1. The lowest BCUT2D eigenvalue weighted by Crippen LogP contribution is -2.13. The minimum atomic E-state index is -0.672. The SMILES string of the molecule is Cc1c(C(N)=O)nnn1-c1nonc1N. The van der Waals surface area contributed by atoms with Gasteiger partial charge < -0.3 is 11.5 Å². The number of aromatic nitrogens is 5. The number of carbonyl (C=O) groups excluding carboxylic acids is 1. The van der Waals surface area contributed by atoms with Crippen LogP contribution in [0.15, 0.2) is 4.63 Å². The van der Waals surface area contributed by atoms with Crippen LogP contribution in [0.1, 0.15) is 16.2 Å². The first-order valence-electron chi connectivity index (χ1n) is 3.91. The van der Waals surface area contributed by atoms with Gasteiger partial charge in [0.15, 0.2) is 5.69 Å². The Kier molecular flexibility index (Phi) is 1.85. The molecular weight excluding hydrogens is 202 g/mol. The standard InChI is InChI=1S/C6H7N7O2/c1-2-3(5(8)14)9-12-13(2)6-4(7)10-15-11-6/h1H3,(H2,7,10)(H2,8,14). The van der Waals surface area contributed by atoms with E-state index in [4.69, 9.17) is 11.5 Å². The van der Waals surface area contributed by atoms with Crippen molar-refractivity contribution in [3.05, 3.63) is 11.4 Å². The number of nitrogens with zero attached hydrogens (tertiary/aromatic N) is 5. The maximum atomic E-state index is 10.9. The highest BCUT2D eigenvalue weighted by Gasteiger charge is 2.18. The van der Waals surface area contributed by atoms with Gasteiger partial charge in [0.1, 0.15) is 0 Å². The second kappa shape index (κ2) is 3.04. The smallest absolute Gasteiger partial charge is 0.271 e. The van der Waals surface area contributed by atoms with E-state index >= 15 is 0 Å². The Labute approximate surface area is 83.0 Å². The molecule has 1 amide bonds. The normalized spacial score (nSPS) is 10.5. The molecule has 0 aliphatic heterocycles. The van der Waals surface area contributed by atoms with E-state index in [9.17, 15) is 4.79 Å². The van der Waals surface area contributed by atoms with Crippen molar-refractivity contribution in [3.8, 4) is 5.82 Å². The minimum Gasteiger partial charge on any atom is -0.378 e. The van der Waals surface area contributed by atoms with Crippen LogP contribution in [0.2, 0.25) is 0 Å². The Hall–Kier alpha value is -2.45. The Morgan fingerprint density at radius 1 is 1.47 bits per heavy atom. The highest BCUT2D eigenvalue weighted by atomic mass is 16.6. The van der Waals surface area contributed by atoms with Gasteiger partial charge >= 0.3 is 0 Å². The molecule has 0 atom stereocenters. The van der Waals surface area contributed by atoms with Crippen LogP contribution >= 0.6 is 0 Å². The van der Waals surface area contributed by atoms with Crippen LogP contribution in [-0.4, -0.2) is 31.2 Å². The molecule has 0 aliphatic rings. The van der Waals surface area contributed by atoms with Gasteiger partial charge in [-0.3, -0.25) is 4.79 Å². The van der Waals surface area contributed by atoms with Crippen molar-refractivity contribution in [1.82, 2.24) is 25.3 Å². The fourth-order valence-corrected chi connectivity index (χ4v) is 1.10. The van der Waals surface area contributed by atoms with E-state index in [2.05, 4.69) is 25.3 Å². The molecule has 4 N–H and O–H groups in total. The molecule has 0 radical (unpaired) electrons. The highest BCUT2D eigenvalue weighted by molar-refractivity contribution is 5.91. The van der Waals surface area contributed by atoms with Crippen molar-refractivity contribution in [1.29, 1.82) is 0 Å². The molecule has 2 aromatic heterocycles. The molecule has 78 valence electrons. The van der Waals surface area contributed by atoms with E-state index < -0.39 is 5.91 Å². The van der Waals surface area contributed by atoms with Crippen LogP contribution in [0.4, 0.5) is 5.82 Å². The summed E-state index contributed by atoms with van der Waals surface area (Å²) in [5.41, 5.74) is 11.0. The molecule has 0 aliphatic carbocycles. The Morgan fingerprint density at radius 2 is 2.20 bits per heavy atom. The number of hydrogen-bond donors (Lipinski definition) is 2. The first kappa shape index (κ1) is 9.12. The van der Waals surface area contributed by atoms with Crippen LogP contribution in [-0.2, 0) is 0 Å². The fourth-order valence-electron chi connectivity index (χ4n) is 1.10. The number of anilines is 1. The molecule has 0 spiro atoms. The molecular formula is C6H7N7O2. The predicted molar refractivity (Wildman–Crippen MR) is 46.9 cm³/mol. The molecule has 0 unspecified atom stereocenters. The largest absolute Gasteiger partial charge is 0.378 e. The summed E-state index contributed by atoms with van der Waals surface area (Å²) in [5.74, 6) is -0.444. The van der Waals surface area contributed by atoms with E-state index in [-0.39, 0.29) is 17.3 Å². The lowest BCUT2D eigenvalue weighted by atomic mass is 10.3. The lowest BCUT2D eigenvalue weighted by Gasteiger charge is -1.96. The molecule has 9 nitrogen and oxygen atoms in total. The summed E-state index contributed by atoms with van der Waals surface area (Å²) in [5, 5.41) is 14.1. The first-order chi connectivity index (χ1) is 7.11. The third kappa shape index (κ3) is 1.29. The summed E-state index contributed by atoms with van der Waals surface area (Å²) < 4.78 is 5.62. The summed E-state index contributed by atoms with van der Waals surface area (Å²) in [6.45, 7) is 1.61. The maximum Gasteiger partial charge on any atom is 0.271 e. The number of nitrogens with two attached hydrogens (primary N) is 2. The monoisotopic (exact) mass is 209 g/mol. The molecule has 0 aromatic carbocycles. The highest BCUT2D eigenvalue weighted by Crippen LogP contribution is 2.13. The molecule has 0 fully saturated rings. The third-order valence-electron chi connectivity index (χ3n) is 1.82. The average Bonchev–Trinajstić information content (AvgIpc) is 2.71. The topological polar surface area (TPSA) is 139 Å². The van der Waals surface area contributed by atoms with Gasteiger partial charge in [0.05, 0.1) is 5.69 Å². The van der Waals surface area contributed by atoms with Gasteiger partial charge in [0.25, 0.3) is 5.91 Å². The third-order valence-corrected chi connectivity index (χ3v) is 1.82. The molecule has 2 heterocycles. The van der Waals surface area contributed by atoms with Crippen molar-refractivity contribution >= 4 is 11.7 Å². The van der Waals surface area contributed by atoms with Gasteiger partial charge in [0, 0.05) is 0 Å². The summed E-state index contributed by atoms with van der Waals surface area (Å²) in [4.78, 5) is 10.9. The lowest BCUT2D eigenvalue weighted by molar-refractivity contribution is 0.0995. The Bertz CT molecular complexity index is 513. The van der Waals surface area contributed by atoms with E-state index in [0.717, 1.165) is 0 Å². The van der Waals surface area contributed by atoms with E-state index in [1.165, 1.54) is 4.68 Å². The fraction of sp³-hybridized carbons (Fsp3) is 0.167. The summed E-state index contributed by atoms with van der Waals surface area (Å²) >= 11 is 0. The molecule has 0 bridgehead atoms. The van der Waals surface area contributed by atoms with E-state index in [0.29, 0.717) is 5.69 Å². The van der Waals surface area contributed by atoms with Crippen LogP contribution < -0.4 is 11.5 Å². The van der Waals surface area contributed by atoms with Crippen molar-refractivity contribution in [2.75, 3.05) is 5.73 Å². The minimum absolute atomic E-state index is 0.0531. The van der Waals surface area contributed by atoms with Crippen LogP contribution in [0.5, 0.6) is 0 Å². The Morgan fingerprint density at radius 3 is 2.67 bits per heavy atom. The van der Waals surface area contributed by atoms with Crippen molar-refractivity contribution < 1.29 is 9.42 Å². The van der Waals surface area contributed by atoms with Crippen LogP contribution in [0.25, 0.3) is 5.82 Å². The maximum absolute atomic E-state index is 10.9. The summed E-state index contributed by atoms with van der Waals surface area (Å²) in [7, 11) is 0. The van der Waals surface area contributed by atoms with E-state index in [1.807, 2.05) is 0 Å². The molecule has 15 heavy (non-hydrogen) atoms. The van der Waals surface area contributed by atoms with Gasteiger partial charge in [0.2, 0.25) is 11.6 Å². The second-order valence-electron chi connectivity index (χ2n) is 2.77. The van der Waals surface area contributed by atoms with Crippen molar-refractivity contribution in [3.63, 3.8) is 0 Å². The van der Waals surface area contributed by atoms with Crippen LogP contribution in [0, 0.1) is 6.92 Å². The number of nitrogen functional groups attached to an aromatic ring is 1. The number of carbonyl (C=O) groups is 1. The molecule has 9 heteroatoms. The summed E-state index contributed by atoms with van der Waals surface area (Å²) in [6, 6.07) is 0. The predicted octanol–water partition coefficient (Wildman–Crippen LogP) is -1.36. The van der Waals surface area contributed by atoms with E-state index in [1.54, 1.807) is 6.92 Å². The molecule has 0 saturated carbocycles. The second-order valence-corrected chi connectivity index (χ2v) is 2.77. The Balaban J connectivity index is 2.56. The molecule has 2 rings (SSSR count). The van der Waals surface area contributed by atoms with Crippen molar-refractivity contribution in [2.45, 2.75) is 6.92 Å². The van der Waals surface area contributed by atoms with Gasteiger partial charge in [-0.15, -0.1) is 5.10 Å². The average molecular weight is 209 g/mol. The molecule has 2 aromatic rings.